The van der Waals surface area contributed by atoms with Gasteiger partial charge in [-0.1, -0.05) is 12.8 Å². The zero-order valence-corrected chi connectivity index (χ0v) is 15.9. The average molecular weight is 364 g/mol. The van der Waals surface area contributed by atoms with Crippen molar-refractivity contribution >= 4 is 17.7 Å². The third kappa shape index (κ3) is 5.06. The van der Waals surface area contributed by atoms with Gasteiger partial charge in [0.25, 0.3) is 0 Å². The number of benzene rings is 1. The lowest BCUT2D eigenvalue weighted by Gasteiger charge is -2.44. The molecule has 2 aliphatic rings. The second kappa shape index (κ2) is 9.37. The molecule has 1 amide bonds. The maximum Gasteiger partial charge on any atom is 0.232 e. The predicted octanol–water partition coefficient (Wildman–Crippen LogP) is 3.99. The van der Waals surface area contributed by atoms with Crippen LogP contribution in [0.2, 0.25) is 0 Å². The average Bonchev–Trinajstić information content (AvgIpc) is 2.67. The van der Waals surface area contributed by atoms with E-state index in [2.05, 4.69) is 4.90 Å². The Balaban J connectivity index is 1.36. The van der Waals surface area contributed by atoms with Gasteiger partial charge >= 0.3 is 0 Å². The lowest BCUT2D eigenvalue weighted by Crippen LogP contribution is -2.50. The van der Waals surface area contributed by atoms with Gasteiger partial charge in [0.2, 0.25) is 5.91 Å². The summed E-state index contributed by atoms with van der Waals surface area (Å²) in [6, 6.07) is 8.12. The summed E-state index contributed by atoms with van der Waals surface area (Å²) in [5.41, 5.74) is 0. The lowest BCUT2D eigenvalue weighted by molar-refractivity contribution is -0.134. The molecule has 1 saturated carbocycles. The van der Waals surface area contributed by atoms with Gasteiger partial charge in [0.15, 0.2) is 0 Å². The topological polar surface area (TPSA) is 38.8 Å². The number of fused-ring (bicyclic) bond motifs is 1. The van der Waals surface area contributed by atoms with E-state index in [1.165, 1.54) is 38.5 Å². The molecule has 2 fully saturated rings. The number of piperidine rings is 1. The first-order valence-electron chi connectivity index (χ1n) is 9.42. The fraction of sp³-hybridized carbons (Fsp3) is 0.650. The number of hydrogen-bond acceptors (Lipinski definition) is 4. The van der Waals surface area contributed by atoms with E-state index in [0.717, 1.165) is 29.7 Å². The fourth-order valence-electron chi connectivity index (χ4n) is 4.07. The highest BCUT2D eigenvalue weighted by Gasteiger charge is 2.35. The Kier molecular flexibility index (Phi) is 6.91. The molecule has 138 valence electrons. The van der Waals surface area contributed by atoms with Crippen LogP contribution in [0.25, 0.3) is 0 Å². The van der Waals surface area contributed by atoms with Crippen LogP contribution in [0.5, 0.6) is 11.5 Å². The molecule has 1 heterocycles. The van der Waals surface area contributed by atoms with Crippen LogP contribution in [0.1, 0.15) is 38.5 Å². The molecule has 2 atom stereocenters. The number of methoxy groups -OCH3 is 1. The number of carbonyl (C=O) groups excluding carboxylic acids is 1. The summed E-state index contributed by atoms with van der Waals surface area (Å²) in [5, 5.41) is 0. The summed E-state index contributed by atoms with van der Waals surface area (Å²) in [6.07, 6.45) is 7.66. The molecule has 1 saturated heterocycles. The Morgan fingerprint density at radius 3 is 2.64 bits per heavy atom. The number of amides is 1. The van der Waals surface area contributed by atoms with E-state index in [4.69, 9.17) is 9.47 Å². The predicted molar refractivity (Wildman–Crippen MR) is 103 cm³/mol. The van der Waals surface area contributed by atoms with Crippen molar-refractivity contribution in [3.63, 3.8) is 0 Å². The van der Waals surface area contributed by atoms with Crippen molar-refractivity contribution < 1.29 is 14.3 Å². The molecule has 0 radical (unpaired) electrons. The first-order chi connectivity index (χ1) is 12.3. The van der Waals surface area contributed by atoms with E-state index >= 15 is 0 Å². The van der Waals surface area contributed by atoms with E-state index < -0.39 is 0 Å². The first kappa shape index (κ1) is 18.4. The van der Waals surface area contributed by atoms with E-state index in [1.54, 1.807) is 18.9 Å². The van der Waals surface area contributed by atoms with Crippen LogP contribution in [0.15, 0.2) is 24.3 Å². The van der Waals surface area contributed by atoms with E-state index in [-0.39, 0.29) is 0 Å². The summed E-state index contributed by atoms with van der Waals surface area (Å²) in [4.78, 5) is 14.8. The van der Waals surface area contributed by atoms with Gasteiger partial charge in [-0.25, -0.2) is 0 Å². The maximum atomic E-state index is 12.6. The van der Waals surface area contributed by atoms with Crippen LogP contribution in [0.4, 0.5) is 0 Å². The Morgan fingerprint density at radius 2 is 1.84 bits per heavy atom. The van der Waals surface area contributed by atoms with Gasteiger partial charge < -0.3 is 14.4 Å². The van der Waals surface area contributed by atoms with Crippen molar-refractivity contribution in [3.8, 4) is 11.5 Å². The number of nitrogens with zero attached hydrogens (tertiary/aromatic N) is 1. The van der Waals surface area contributed by atoms with Crippen LogP contribution in [-0.4, -0.2) is 48.6 Å². The second-order valence-corrected chi connectivity index (χ2v) is 8.02. The van der Waals surface area contributed by atoms with Crippen LogP contribution in [-0.2, 0) is 4.79 Å². The molecule has 2 unspecified atom stereocenters. The van der Waals surface area contributed by atoms with Crippen molar-refractivity contribution in [1.29, 1.82) is 0 Å². The first-order valence-corrected chi connectivity index (χ1v) is 10.6. The third-order valence-corrected chi connectivity index (χ3v) is 6.25. The van der Waals surface area contributed by atoms with Crippen molar-refractivity contribution in [2.24, 2.45) is 5.92 Å². The highest BCUT2D eigenvalue weighted by molar-refractivity contribution is 7.99. The van der Waals surface area contributed by atoms with Gasteiger partial charge in [0.1, 0.15) is 11.5 Å². The minimum Gasteiger partial charge on any atom is -0.497 e. The van der Waals surface area contributed by atoms with Crippen LogP contribution >= 0.6 is 11.8 Å². The smallest absolute Gasteiger partial charge is 0.232 e. The van der Waals surface area contributed by atoms with Gasteiger partial charge in [-0.3, -0.25) is 4.79 Å². The highest BCUT2D eigenvalue weighted by atomic mass is 32.2. The molecule has 0 bridgehead atoms. The molecule has 0 spiro atoms. The van der Waals surface area contributed by atoms with Gasteiger partial charge in [0.05, 0.1) is 19.5 Å². The Morgan fingerprint density at radius 1 is 1.12 bits per heavy atom. The number of thioether (sulfide) groups is 1. The maximum absolute atomic E-state index is 12.6. The molecule has 3 rings (SSSR count). The lowest BCUT2D eigenvalue weighted by atomic mass is 9.78. The van der Waals surface area contributed by atoms with Gasteiger partial charge in [0, 0.05) is 18.3 Å². The van der Waals surface area contributed by atoms with Gasteiger partial charge in [-0.15, -0.1) is 11.8 Å². The molecule has 1 aliphatic carbocycles. The normalized spacial score (nSPS) is 23.0. The molecule has 1 aromatic rings. The van der Waals surface area contributed by atoms with Crippen LogP contribution in [0, 0.1) is 5.92 Å². The Bertz CT molecular complexity index is 546. The molecule has 0 aromatic heterocycles. The van der Waals surface area contributed by atoms with Crippen molar-refractivity contribution in [1.82, 2.24) is 4.90 Å². The summed E-state index contributed by atoms with van der Waals surface area (Å²) in [6.45, 7) is 1.58. The van der Waals surface area contributed by atoms with Crippen molar-refractivity contribution in [2.45, 2.75) is 44.6 Å². The highest BCUT2D eigenvalue weighted by Crippen LogP contribution is 2.35. The minimum atomic E-state index is 0.325. The van der Waals surface area contributed by atoms with E-state index in [0.29, 0.717) is 24.3 Å². The number of hydrogen-bond donors (Lipinski definition) is 0. The fourth-order valence-corrected chi connectivity index (χ4v) is 4.75. The second-order valence-electron chi connectivity index (χ2n) is 6.92. The molecule has 0 N–H and O–H groups in total. The molecule has 1 aromatic carbocycles. The SMILES string of the molecule is COc1ccc(OCCSCC(=O)N2CCCC3CCCCC32)cc1. The zero-order valence-electron chi connectivity index (χ0n) is 15.1. The summed E-state index contributed by atoms with van der Waals surface area (Å²) >= 11 is 1.68. The zero-order chi connectivity index (χ0) is 17.5. The summed E-state index contributed by atoms with van der Waals surface area (Å²) in [5.74, 6) is 4.17. The number of carbonyl (C=O) groups is 1. The quantitative estimate of drug-likeness (QED) is 0.687. The molecule has 25 heavy (non-hydrogen) atoms. The summed E-state index contributed by atoms with van der Waals surface area (Å²) < 4.78 is 10.8. The minimum absolute atomic E-state index is 0.325. The van der Waals surface area contributed by atoms with Crippen LogP contribution < -0.4 is 9.47 Å². The molecule has 1 aliphatic heterocycles. The van der Waals surface area contributed by atoms with Crippen molar-refractivity contribution in [2.75, 3.05) is 31.8 Å². The van der Waals surface area contributed by atoms with E-state index in [9.17, 15) is 4.79 Å². The molecule has 4 nitrogen and oxygen atoms in total. The van der Waals surface area contributed by atoms with Gasteiger partial charge in [-0.2, -0.15) is 0 Å². The number of ether oxygens (including phenoxy) is 2. The largest absolute Gasteiger partial charge is 0.497 e. The van der Waals surface area contributed by atoms with E-state index in [1.807, 2.05) is 24.3 Å². The van der Waals surface area contributed by atoms with Gasteiger partial charge in [-0.05, 0) is 55.9 Å². The third-order valence-electron chi connectivity index (χ3n) is 5.34. The molecular formula is C20H29NO3S. The van der Waals surface area contributed by atoms with Crippen LogP contribution in [0.3, 0.4) is 0 Å². The number of rotatable bonds is 7. The molecule has 5 heteroatoms. The van der Waals surface area contributed by atoms with Crippen molar-refractivity contribution in [3.05, 3.63) is 24.3 Å². The Hall–Kier alpha value is -1.36. The Labute approximate surface area is 155 Å². The monoisotopic (exact) mass is 363 g/mol. The number of likely N-dealkylation sites (tertiary alicyclic amines) is 1. The summed E-state index contributed by atoms with van der Waals surface area (Å²) in [7, 11) is 1.65. The molecular weight excluding hydrogens is 334 g/mol. The standard InChI is InChI=1S/C20H29NO3S/c1-23-17-8-10-18(11-9-17)24-13-14-25-15-20(22)21-12-4-6-16-5-2-3-7-19(16)21/h8-11,16,19H,2-7,12-15H2,1H3.